The van der Waals surface area contributed by atoms with Gasteiger partial charge in [0.05, 0.1) is 30.8 Å². The molecule has 4 heterocycles. The smallest absolute Gasteiger partial charge is 0.260 e. The SMILES string of the molecule is O=C1CN2C=NC(OCC3CCCO3)=C(OCC3CCCO3)C2=C2C=CCC=C12. The second-order valence-corrected chi connectivity index (χ2v) is 7.84. The van der Waals surface area contributed by atoms with Gasteiger partial charge in [-0.25, -0.2) is 4.99 Å². The summed E-state index contributed by atoms with van der Waals surface area (Å²) < 4.78 is 23.7. The van der Waals surface area contributed by atoms with E-state index in [1.54, 1.807) is 6.34 Å². The lowest BCUT2D eigenvalue weighted by molar-refractivity contribution is -0.115. The summed E-state index contributed by atoms with van der Waals surface area (Å²) in [7, 11) is 0. The van der Waals surface area contributed by atoms with Gasteiger partial charge in [-0.15, -0.1) is 0 Å². The van der Waals surface area contributed by atoms with Crippen LogP contribution in [0.3, 0.4) is 0 Å². The molecule has 5 rings (SSSR count). The van der Waals surface area contributed by atoms with Crippen LogP contribution in [0.25, 0.3) is 0 Å². The third kappa shape index (κ3) is 3.76. The Balaban J connectivity index is 1.47. The summed E-state index contributed by atoms with van der Waals surface area (Å²) in [5, 5.41) is 0. The van der Waals surface area contributed by atoms with E-state index in [0.29, 0.717) is 24.9 Å². The first-order valence-corrected chi connectivity index (χ1v) is 10.5. The predicted octanol–water partition coefficient (Wildman–Crippen LogP) is 2.61. The topological polar surface area (TPSA) is 69.6 Å². The number of rotatable bonds is 6. The lowest BCUT2D eigenvalue weighted by Crippen LogP contribution is -2.39. The minimum absolute atomic E-state index is 0.0778. The van der Waals surface area contributed by atoms with Crippen molar-refractivity contribution in [3.05, 3.63) is 46.7 Å². The van der Waals surface area contributed by atoms with Crippen LogP contribution in [0.4, 0.5) is 0 Å². The number of ketones is 1. The van der Waals surface area contributed by atoms with Crippen LogP contribution in [-0.2, 0) is 23.7 Å². The molecule has 0 amide bonds. The van der Waals surface area contributed by atoms with Crippen LogP contribution in [0.15, 0.2) is 51.7 Å². The van der Waals surface area contributed by atoms with Crippen molar-refractivity contribution in [2.45, 2.75) is 44.3 Å². The van der Waals surface area contributed by atoms with Crippen molar-refractivity contribution < 1.29 is 23.7 Å². The van der Waals surface area contributed by atoms with Crippen molar-refractivity contribution in [1.29, 1.82) is 0 Å². The van der Waals surface area contributed by atoms with Gasteiger partial charge >= 0.3 is 0 Å². The molecule has 2 atom stereocenters. The zero-order valence-electron chi connectivity index (χ0n) is 16.5. The summed E-state index contributed by atoms with van der Waals surface area (Å²) in [6.45, 7) is 2.70. The molecule has 0 saturated carbocycles. The standard InChI is InChI=1S/C22H26N2O5/c25-19-11-24-14-23-22(29-13-16-6-4-10-27-16)21(28-12-15-5-3-9-26-15)20(24)18-8-2-1-7-17(18)19/h2,7-8,14-16H,1,3-6,9-13H2. The summed E-state index contributed by atoms with van der Waals surface area (Å²) in [4.78, 5) is 18.9. The molecule has 2 unspecified atom stereocenters. The minimum Gasteiger partial charge on any atom is -0.484 e. The Labute approximate surface area is 170 Å². The Bertz CT molecular complexity index is 826. The molecular weight excluding hydrogens is 372 g/mol. The highest BCUT2D eigenvalue weighted by molar-refractivity contribution is 6.05. The first kappa shape index (κ1) is 18.6. The quantitative estimate of drug-likeness (QED) is 0.685. The number of aliphatic imine (C=N–C) groups is 1. The number of hydrogen-bond acceptors (Lipinski definition) is 7. The fraction of sp³-hybridized carbons (Fsp3) is 0.545. The van der Waals surface area contributed by atoms with Crippen LogP contribution < -0.4 is 0 Å². The molecule has 154 valence electrons. The predicted molar refractivity (Wildman–Crippen MR) is 106 cm³/mol. The van der Waals surface area contributed by atoms with Crippen LogP contribution >= 0.6 is 0 Å². The van der Waals surface area contributed by atoms with Gasteiger partial charge in [0, 0.05) is 24.4 Å². The number of carbonyl (C=O) groups is 1. The first-order chi connectivity index (χ1) is 14.3. The number of ether oxygens (including phenoxy) is 4. The molecule has 2 fully saturated rings. The Morgan fingerprint density at radius 1 is 1.10 bits per heavy atom. The summed E-state index contributed by atoms with van der Waals surface area (Å²) in [5.41, 5.74) is 2.48. The highest BCUT2D eigenvalue weighted by atomic mass is 16.6. The zero-order valence-corrected chi connectivity index (χ0v) is 16.5. The van der Waals surface area contributed by atoms with Crippen molar-refractivity contribution >= 4 is 12.1 Å². The van der Waals surface area contributed by atoms with Crippen LogP contribution in [0.2, 0.25) is 0 Å². The Kier molecular flexibility index (Phi) is 5.24. The molecule has 29 heavy (non-hydrogen) atoms. The van der Waals surface area contributed by atoms with E-state index in [1.165, 1.54) is 0 Å². The Hall–Kier alpha value is -2.38. The maximum absolute atomic E-state index is 12.6. The average Bonchev–Trinajstić information content (AvgIpc) is 3.45. The third-order valence-electron chi connectivity index (χ3n) is 5.78. The number of nitrogens with zero attached hydrogens (tertiary/aromatic N) is 2. The molecular formula is C22H26N2O5. The Morgan fingerprint density at radius 2 is 1.86 bits per heavy atom. The van der Waals surface area contributed by atoms with E-state index in [9.17, 15) is 4.79 Å². The molecule has 0 bridgehead atoms. The molecule has 0 aromatic carbocycles. The fourth-order valence-electron chi connectivity index (χ4n) is 4.28. The van der Waals surface area contributed by atoms with Crippen LogP contribution in [0.5, 0.6) is 0 Å². The average molecular weight is 398 g/mol. The van der Waals surface area contributed by atoms with Gasteiger partial charge in [-0.3, -0.25) is 4.79 Å². The molecule has 1 aliphatic carbocycles. The highest BCUT2D eigenvalue weighted by Gasteiger charge is 2.36. The van der Waals surface area contributed by atoms with Crippen molar-refractivity contribution in [1.82, 2.24) is 4.90 Å². The maximum atomic E-state index is 12.6. The molecule has 7 heteroatoms. The minimum atomic E-state index is 0.0778. The monoisotopic (exact) mass is 398 g/mol. The maximum Gasteiger partial charge on any atom is 0.260 e. The normalized spacial score (nSPS) is 28.6. The Morgan fingerprint density at radius 3 is 2.59 bits per heavy atom. The molecule has 0 radical (unpaired) electrons. The molecule has 7 nitrogen and oxygen atoms in total. The summed E-state index contributed by atoms with van der Waals surface area (Å²) >= 11 is 0. The summed E-state index contributed by atoms with van der Waals surface area (Å²) in [6.07, 6.45) is 12.7. The number of fused-ring (bicyclic) bond motifs is 2. The van der Waals surface area contributed by atoms with E-state index in [0.717, 1.165) is 62.2 Å². The number of allylic oxidation sites excluding steroid dienone is 4. The second kappa shape index (κ2) is 8.16. The largest absolute Gasteiger partial charge is 0.484 e. The first-order valence-electron chi connectivity index (χ1n) is 10.5. The fourth-order valence-corrected chi connectivity index (χ4v) is 4.28. The van der Waals surface area contributed by atoms with Crippen molar-refractivity contribution in [3.8, 4) is 0 Å². The van der Waals surface area contributed by atoms with Crippen molar-refractivity contribution in [2.24, 2.45) is 4.99 Å². The second-order valence-electron chi connectivity index (χ2n) is 7.84. The number of Topliss-reactive ketones (excluding diaryl/α,β-unsaturated/α-hetero) is 1. The summed E-state index contributed by atoms with van der Waals surface area (Å²) in [6, 6.07) is 0. The van der Waals surface area contributed by atoms with Gasteiger partial charge in [0.25, 0.3) is 5.88 Å². The molecule has 0 spiro atoms. The number of carbonyl (C=O) groups excluding carboxylic acids is 1. The van der Waals surface area contributed by atoms with E-state index in [2.05, 4.69) is 11.1 Å². The van der Waals surface area contributed by atoms with Crippen LogP contribution in [0, 0.1) is 0 Å². The molecule has 4 aliphatic heterocycles. The highest BCUT2D eigenvalue weighted by Crippen LogP contribution is 2.37. The van der Waals surface area contributed by atoms with Gasteiger partial charge in [0.1, 0.15) is 13.2 Å². The van der Waals surface area contributed by atoms with E-state index in [1.807, 2.05) is 17.1 Å². The van der Waals surface area contributed by atoms with Gasteiger partial charge in [0.15, 0.2) is 5.78 Å². The summed E-state index contributed by atoms with van der Waals surface area (Å²) in [5.74, 6) is 1.13. The van der Waals surface area contributed by atoms with Crippen LogP contribution in [-0.4, -0.2) is 62.2 Å². The molecule has 2 saturated heterocycles. The van der Waals surface area contributed by atoms with E-state index in [4.69, 9.17) is 18.9 Å². The molecule has 5 aliphatic rings. The van der Waals surface area contributed by atoms with Crippen molar-refractivity contribution in [2.75, 3.05) is 33.0 Å². The van der Waals surface area contributed by atoms with E-state index < -0.39 is 0 Å². The number of hydrogen-bond donors (Lipinski definition) is 0. The molecule has 0 aromatic rings. The molecule has 0 aromatic heterocycles. The zero-order chi connectivity index (χ0) is 19.6. The van der Waals surface area contributed by atoms with Crippen molar-refractivity contribution in [3.63, 3.8) is 0 Å². The van der Waals surface area contributed by atoms with E-state index >= 15 is 0 Å². The lowest BCUT2D eigenvalue weighted by Gasteiger charge is -2.35. The van der Waals surface area contributed by atoms with E-state index in [-0.39, 0.29) is 24.5 Å². The van der Waals surface area contributed by atoms with Gasteiger partial charge in [0.2, 0.25) is 5.76 Å². The lowest BCUT2D eigenvalue weighted by atomic mass is 9.89. The third-order valence-corrected chi connectivity index (χ3v) is 5.78. The van der Waals surface area contributed by atoms with Gasteiger partial charge < -0.3 is 23.8 Å². The van der Waals surface area contributed by atoms with Gasteiger partial charge in [-0.2, -0.15) is 0 Å². The van der Waals surface area contributed by atoms with Gasteiger partial charge in [-0.05, 0) is 32.1 Å². The van der Waals surface area contributed by atoms with Crippen LogP contribution in [0.1, 0.15) is 32.1 Å². The molecule has 0 N–H and O–H groups in total. The van der Waals surface area contributed by atoms with Gasteiger partial charge in [-0.1, -0.05) is 18.2 Å².